The van der Waals surface area contributed by atoms with Gasteiger partial charge in [0.05, 0.1) is 6.10 Å². The van der Waals surface area contributed by atoms with Crippen LogP contribution in [0.1, 0.15) is 36.5 Å². The van der Waals surface area contributed by atoms with Crippen molar-refractivity contribution in [3.05, 3.63) is 34.9 Å². The Morgan fingerprint density at radius 2 is 1.95 bits per heavy atom. The summed E-state index contributed by atoms with van der Waals surface area (Å²) in [5.41, 5.74) is 0.652. The molecule has 3 atom stereocenters. The number of hydrogen-bond donors (Lipinski definition) is 2. The van der Waals surface area contributed by atoms with Crippen LogP contribution in [-0.2, 0) is 0 Å². The summed E-state index contributed by atoms with van der Waals surface area (Å²) in [5.74, 6) is 1.75. The molecule has 0 spiro atoms. The Hall–Kier alpha value is -1.06. The molecule has 1 aromatic carbocycles. The van der Waals surface area contributed by atoms with E-state index in [1.165, 1.54) is 0 Å². The molecule has 20 heavy (non-hydrogen) atoms. The van der Waals surface area contributed by atoms with Gasteiger partial charge in [-0.15, -0.1) is 0 Å². The van der Waals surface area contributed by atoms with E-state index in [-0.39, 0.29) is 18.1 Å². The molecule has 0 saturated heterocycles. The molecule has 2 aliphatic carbocycles. The Bertz CT molecular complexity index is 490. The van der Waals surface area contributed by atoms with Gasteiger partial charge in [-0.1, -0.05) is 18.5 Å². The summed E-state index contributed by atoms with van der Waals surface area (Å²) in [6, 6.07) is 7.20. The Balaban J connectivity index is 1.61. The number of nitrogens with one attached hydrogen (secondary N) is 1. The van der Waals surface area contributed by atoms with Crippen LogP contribution < -0.4 is 5.32 Å². The molecule has 108 valence electrons. The molecule has 3 unspecified atom stereocenters. The summed E-state index contributed by atoms with van der Waals surface area (Å²) in [5, 5.41) is 13.4. The molecule has 4 heteroatoms. The first-order valence-electron chi connectivity index (χ1n) is 7.34. The quantitative estimate of drug-likeness (QED) is 0.897. The van der Waals surface area contributed by atoms with Crippen molar-refractivity contribution < 1.29 is 9.90 Å². The average molecular weight is 294 g/mol. The largest absolute Gasteiger partial charge is 0.393 e. The fourth-order valence-electron chi connectivity index (χ4n) is 3.78. The number of halogens is 1. The van der Waals surface area contributed by atoms with Gasteiger partial charge in [-0.2, -0.15) is 0 Å². The van der Waals surface area contributed by atoms with Crippen molar-refractivity contribution in [1.29, 1.82) is 0 Å². The van der Waals surface area contributed by atoms with Crippen LogP contribution in [0.25, 0.3) is 0 Å². The van der Waals surface area contributed by atoms with Crippen LogP contribution in [0.4, 0.5) is 0 Å². The van der Waals surface area contributed by atoms with Crippen molar-refractivity contribution >= 4 is 17.5 Å². The predicted molar refractivity (Wildman–Crippen MR) is 78.7 cm³/mol. The molecule has 0 aromatic heterocycles. The second-order valence-electron chi connectivity index (χ2n) is 6.03. The zero-order valence-electron chi connectivity index (χ0n) is 11.6. The van der Waals surface area contributed by atoms with E-state index in [0.717, 1.165) is 19.3 Å². The van der Waals surface area contributed by atoms with E-state index in [4.69, 9.17) is 11.6 Å². The van der Waals surface area contributed by atoms with E-state index in [2.05, 4.69) is 12.2 Å². The number of fused-ring (bicyclic) bond motifs is 1. The molecule has 3 rings (SSSR count). The summed E-state index contributed by atoms with van der Waals surface area (Å²) >= 11 is 5.83. The summed E-state index contributed by atoms with van der Waals surface area (Å²) in [4.78, 5) is 12.2. The SMILES string of the molecule is CCC(NC(=O)c1ccc(Cl)cc1)C1C2CC(O)CC21. The van der Waals surface area contributed by atoms with Gasteiger partial charge in [-0.25, -0.2) is 0 Å². The van der Waals surface area contributed by atoms with Crippen LogP contribution in [0.5, 0.6) is 0 Å². The van der Waals surface area contributed by atoms with Crippen molar-refractivity contribution in [3.8, 4) is 0 Å². The van der Waals surface area contributed by atoms with Gasteiger partial charge >= 0.3 is 0 Å². The highest BCUT2D eigenvalue weighted by molar-refractivity contribution is 6.30. The lowest BCUT2D eigenvalue weighted by atomic mass is 10.0. The topological polar surface area (TPSA) is 49.3 Å². The molecular weight excluding hydrogens is 274 g/mol. The minimum Gasteiger partial charge on any atom is -0.393 e. The van der Waals surface area contributed by atoms with Crippen LogP contribution in [-0.4, -0.2) is 23.2 Å². The Labute approximate surface area is 124 Å². The number of aliphatic hydroxyl groups is 1. The van der Waals surface area contributed by atoms with Gasteiger partial charge < -0.3 is 10.4 Å². The number of carbonyl (C=O) groups is 1. The highest BCUT2D eigenvalue weighted by Crippen LogP contribution is 2.59. The number of carbonyl (C=O) groups excluding carboxylic acids is 1. The van der Waals surface area contributed by atoms with Gasteiger partial charge in [-0.3, -0.25) is 4.79 Å². The summed E-state index contributed by atoms with van der Waals surface area (Å²) in [7, 11) is 0. The van der Waals surface area contributed by atoms with Crippen LogP contribution in [0.15, 0.2) is 24.3 Å². The fraction of sp³-hybridized carbons (Fsp3) is 0.562. The zero-order valence-corrected chi connectivity index (χ0v) is 12.3. The molecule has 2 fully saturated rings. The maximum absolute atomic E-state index is 12.2. The molecule has 1 amide bonds. The van der Waals surface area contributed by atoms with Crippen molar-refractivity contribution in [3.63, 3.8) is 0 Å². The van der Waals surface area contributed by atoms with Gasteiger partial charge in [0, 0.05) is 16.6 Å². The third kappa shape index (κ3) is 2.57. The smallest absolute Gasteiger partial charge is 0.251 e. The number of rotatable bonds is 4. The third-order valence-electron chi connectivity index (χ3n) is 4.81. The van der Waals surface area contributed by atoms with Crippen LogP contribution in [0.2, 0.25) is 5.02 Å². The van der Waals surface area contributed by atoms with Gasteiger partial charge in [0.15, 0.2) is 0 Å². The van der Waals surface area contributed by atoms with Crippen molar-refractivity contribution in [2.24, 2.45) is 17.8 Å². The normalized spacial score (nSPS) is 32.5. The van der Waals surface area contributed by atoms with Crippen LogP contribution >= 0.6 is 11.6 Å². The average Bonchev–Trinajstić information content (AvgIpc) is 2.92. The van der Waals surface area contributed by atoms with Gasteiger partial charge in [0.1, 0.15) is 0 Å². The molecule has 0 radical (unpaired) electrons. The number of aliphatic hydroxyl groups excluding tert-OH is 1. The lowest BCUT2D eigenvalue weighted by molar-refractivity contribution is 0.0922. The standard InChI is InChI=1S/C16H20ClNO2/c1-2-14(15-12-7-11(19)8-13(12)15)18-16(20)9-3-5-10(17)6-4-9/h3-6,11-15,19H,2,7-8H2,1H3,(H,18,20). The lowest BCUT2D eigenvalue weighted by Crippen LogP contribution is -2.37. The Morgan fingerprint density at radius 3 is 2.50 bits per heavy atom. The van der Waals surface area contributed by atoms with E-state index >= 15 is 0 Å². The van der Waals surface area contributed by atoms with Gasteiger partial charge in [-0.05, 0) is 61.3 Å². The highest BCUT2D eigenvalue weighted by atomic mass is 35.5. The van der Waals surface area contributed by atoms with E-state index < -0.39 is 0 Å². The molecule has 0 aliphatic heterocycles. The number of hydrogen-bond acceptors (Lipinski definition) is 2. The summed E-state index contributed by atoms with van der Waals surface area (Å²) in [6.45, 7) is 2.11. The van der Waals surface area contributed by atoms with Crippen LogP contribution in [0.3, 0.4) is 0 Å². The Morgan fingerprint density at radius 1 is 1.35 bits per heavy atom. The molecule has 3 nitrogen and oxygen atoms in total. The molecule has 0 bridgehead atoms. The van der Waals surface area contributed by atoms with Gasteiger partial charge in [0.25, 0.3) is 5.91 Å². The molecule has 2 N–H and O–H groups in total. The molecule has 2 aliphatic rings. The fourth-order valence-corrected chi connectivity index (χ4v) is 3.91. The first-order valence-corrected chi connectivity index (χ1v) is 7.72. The maximum atomic E-state index is 12.2. The minimum atomic E-state index is -0.120. The Kier molecular flexibility index (Phi) is 3.74. The van der Waals surface area contributed by atoms with Crippen molar-refractivity contribution in [1.82, 2.24) is 5.32 Å². The maximum Gasteiger partial charge on any atom is 0.251 e. The second kappa shape index (κ2) is 5.38. The van der Waals surface area contributed by atoms with Crippen molar-refractivity contribution in [2.45, 2.75) is 38.3 Å². The number of amides is 1. The highest BCUT2D eigenvalue weighted by Gasteiger charge is 2.58. The molecular formula is C16H20ClNO2. The second-order valence-corrected chi connectivity index (χ2v) is 6.46. The zero-order chi connectivity index (χ0) is 14.3. The first kappa shape index (κ1) is 13.9. The summed E-state index contributed by atoms with van der Waals surface area (Å²) in [6.07, 6.45) is 2.63. The lowest BCUT2D eigenvalue weighted by Gasteiger charge is -2.20. The summed E-state index contributed by atoms with van der Waals surface area (Å²) < 4.78 is 0. The first-order chi connectivity index (χ1) is 9.60. The molecule has 0 heterocycles. The van der Waals surface area contributed by atoms with E-state index in [9.17, 15) is 9.90 Å². The van der Waals surface area contributed by atoms with Crippen molar-refractivity contribution in [2.75, 3.05) is 0 Å². The van der Waals surface area contributed by atoms with Crippen LogP contribution in [0, 0.1) is 17.8 Å². The minimum absolute atomic E-state index is 0.0287. The monoisotopic (exact) mass is 293 g/mol. The van der Waals surface area contributed by atoms with E-state index in [0.29, 0.717) is 28.3 Å². The van der Waals surface area contributed by atoms with E-state index in [1.807, 2.05) is 0 Å². The molecule has 2 saturated carbocycles. The number of benzene rings is 1. The third-order valence-corrected chi connectivity index (χ3v) is 5.07. The van der Waals surface area contributed by atoms with Gasteiger partial charge in [0.2, 0.25) is 0 Å². The predicted octanol–water partition coefficient (Wildman–Crippen LogP) is 2.87. The van der Waals surface area contributed by atoms with E-state index in [1.54, 1.807) is 24.3 Å². The molecule has 1 aromatic rings.